The molecule has 1 aliphatic rings. The second kappa shape index (κ2) is 6.71. The molecule has 0 fully saturated rings. The summed E-state index contributed by atoms with van der Waals surface area (Å²) in [7, 11) is -3.76. The van der Waals surface area contributed by atoms with Crippen molar-refractivity contribution in [1.29, 1.82) is 0 Å². The van der Waals surface area contributed by atoms with Gasteiger partial charge in [-0.3, -0.25) is 0 Å². The summed E-state index contributed by atoms with van der Waals surface area (Å²) in [4.78, 5) is 6.59. The Morgan fingerprint density at radius 2 is 1.85 bits per heavy atom. The number of rotatable bonds is 4. The molecule has 0 atom stereocenters. The molecule has 1 aromatic heterocycles. The predicted octanol–water partition coefficient (Wildman–Crippen LogP) is 3.24. The van der Waals surface area contributed by atoms with E-state index in [0.29, 0.717) is 22.6 Å². The molecule has 9 heteroatoms. The Labute approximate surface area is 160 Å². The molecule has 0 amide bonds. The van der Waals surface area contributed by atoms with Gasteiger partial charge in [-0.25, -0.2) is 9.82 Å². The molecule has 27 heavy (non-hydrogen) atoms. The standard InChI is InChI=1S/C18H14ClN3O4S/c1-11-2-4-14(5-3-11)27(23,24)22-20-9-13-6-12-7-16-17(26-10-25-16)8-15(12)21-18(13)19/h2-9,22H,10H2,1H3. The van der Waals surface area contributed by atoms with Crippen molar-refractivity contribution in [1.82, 2.24) is 9.82 Å². The highest BCUT2D eigenvalue weighted by Gasteiger charge is 2.16. The van der Waals surface area contributed by atoms with E-state index in [-0.39, 0.29) is 16.8 Å². The smallest absolute Gasteiger partial charge is 0.276 e. The lowest BCUT2D eigenvalue weighted by atomic mass is 10.1. The van der Waals surface area contributed by atoms with Crippen LogP contribution >= 0.6 is 11.6 Å². The zero-order valence-electron chi connectivity index (χ0n) is 14.1. The van der Waals surface area contributed by atoms with Crippen LogP contribution < -0.4 is 14.3 Å². The Balaban J connectivity index is 1.60. The second-order valence-corrected chi connectivity index (χ2v) is 7.95. The average molecular weight is 404 g/mol. The average Bonchev–Trinajstić information content (AvgIpc) is 3.08. The van der Waals surface area contributed by atoms with E-state index in [9.17, 15) is 8.42 Å². The maximum Gasteiger partial charge on any atom is 0.276 e. The molecule has 0 bridgehead atoms. The quantitative estimate of drug-likeness (QED) is 0.410. The third kappa shape index (κ3) is 3.54. The summed E-state index contributed by atoms with van der Waals surface area (Å²) in [6.45, 7) is 2.04. The topological polar surface area (TPSA) is 89.9 Å². The van der Waals surface area contributed by atoms with Gasteiger partial charge in [0.05, 0.1) is 16.6 Å². The highest BCUT2D eigenvalue weighted by atomic mass is 35.5. The number of nitrogens with zero attached hydrogens (tertiary/aromatic N) is 2. The Morgan fingerprint density at radius 3 is 2.59 bits per heavy atom. The summed E-state index contributed by atoms with van der Waals surface area (Å²) in [5, 5.41) is 4.77. The predicted molar refractivity (Wildman–Crippen MR) is 102 cm³/mol. The van der Waals surface area contributed by atoms with Crippen molar-refractivity contribution >= 4 is 38.7 Å². The van der Waals surface area contributed by atoms with Crippen LogP contribution in [0.5, 0.6) is 11.5 Å². The first-order valence-corrected chi connectivity index (χ1v) is 9.80. The number of hydrazone groups is 1. The molecule has 2 aromatic carbocycles. The molecule has 138 valence electrons. The van der Waals surface area contributed by atoms with Crippen molar-refractivity contribution in [3.8, 4) is 11.5 Å². The van der Waals surface area contributed by atoms with Gasteiger partial charge in [-0.05, 0) is 31.2 Å². The number of halogens is 1. The molecule has 1 aliphatic heterocycles. The fourth-order valence-corrected chi connectivity index (χ4v) is 3.57. The number of benzene rings is 2. The fraction of sp³-hybridized carbons (Fsp3) is 0.111. The number of sulfonamides is 1. The van der Waals surface area contributed by atoms with Crippen LogP contribution in [0, 0.1) is 6.92 Å². The van der Waals surface area contributed by atoms with Gasteiger partial charge in [-0.15, -0.1) is 0 Å². The molecule has 2 heterocycles. The van der Waals surface area contributed by atoms with E-state index < -0.39 is 10.0 Å². The number of aryl methyl sites for hydroxylation is 1. The van der Waals surface area contributed by atoms with Gasteiger partial charge in [-0.1, -0.05) is 29.3 Å². The van der Waals surface area contributed by atoms with Crippen LogP contribution in [0.1, 0.15) is 11.1 Å². The summed E-state index contributed by atoms with van der Waals surface area (Å²) in [5.41, 5.74) is 2.07. The van der Waals surface area contributed by atoms with Gasteiger partial charge >= 0.3 is 0 Å². The number of hydrogen-bond acceptors (Lipinski definition) is 6. The van der Waals surface area contributed by atoms with E-state index in [1.54, 1.807) is 30.3 Å². The third-order valence-corrected chi connectivity index (χ3v) is 5.54. The molecule has 7 nitrogen and oxygen atoms in total. The van der Waals surface area contributed by atoms with Crippen molar-refractivity contribution in [2.75, 3.05) is 6.79 Å². The van der Waals surface area contributed by atoms with E-state index in [1.807, 2.05) is 6.92 Å². The van der Waals surface area contributed by atoms with Crippen LogP contribution in [0.25, 0.3) is 10.9 Å². The number of pyridine rings is 1. The zero-order chi connectivity index (χ0) is 19.0. The van der Waals surface area contributed by atoms with E-state index in [0.717, 1.165) is 10.9 Å². The van der Waals surface area contributed by atoms with Crippen molar-refractivity contribution in [3.05, 3.63) is 58.7 Å². The number of hydrogen-bond donors (Lipinski definition) is 1. The van der Waals surface area contributed by atoms with E-state index in [2.05, 4.69) is 14.9 Å². The highest BCUT2D eigenvalue weighted by molar-refractivity contribution is 7.89. The van der Waals surface area contributed by atoms with Crippen LogP contribution in [0.15, 0.2) is 52.5 Å². The van der Waals surface area contributed by atoms with E-state index >= 15 is 0 Å². The highest BCUT2D eigenvalue weighted by Crippen LogP contribution is 2.36. The van der Waals surface area contributed by atoms with Gasteiger partial charge in [0.2, 0.25) is 6.79 Å². The minimum absolute atomic E-state index is 0.126. The Morgan fingerprint density at radius 1 is 1.15 bits per heavy atom. The molecular formula is C18H14ClN3O4S. The van der Waals surface area contributed by atoms with Crippen LogP contribution in [0.4, 0.5) is 0 Å². The molecule has 0 radical (unpaired) electrons. The van der Waals surface area contributed by atoms with E-state index in [1.165, 1.54) is 18.3 Å². The van der Waals surface area contributed by atoms with Gasteiger partial charge in [0, 0.05) is 17.0 Å². The summed E-state index contributed by atoms with van der Waals surface area (Å²) in [5.74, 6) is 1.23. The number of ether oxygens (including phenoxy) is 2. The molecule has 3 aromatic rings. The van der Waals surface area contributed by atoms with Crippen LogP contribution in [-0.4, -0.2) is 26.4 Å². The maximum absolute atomic E-state index is 12.3. The number of fused-ring (bicyclic) bond motifs is 2. The lowest BCUT2D eigenvalue weighted by molar-refractivity contribution is 0.174. The van der Waals surface area contributed by atoms with E-state index in [4.69, 9.17) is 21.1 Å². The van der Waals surface area contributed by atoms with Gasteiger partial charge in [0.25, 0.3) is 10.0 Å². The lowest BCUT2D eigenvalue weighted by Gasteiger charge is -2.05. The third-order valence-electron chi connectivity index (χ3n) is 4.00. The molecule has 0 spiro atoms. The number of aromatic nitrogens is 1. The van der Waals surface area contributed by atoms with Gasteiger partial charge in [-0.2, -0.15) is 13.5 Å². The molecule has 0 unspecified atom stereocenters. The van der Waals surface area contributed by atoms with Crippen LogP contribution in [-0.2, 0) is 10.0 Å². The van der Waals surface area contributed by atoms with Gasteiger partial charge in [0.15, 0.2) is 11.5 Å². The normalized spacial score (nSPS) is 13.4. The molecular weight excluding hydrogens is 390 g/mol. The minimum Gasteiger partial charge on any atom is -0.454 e. The first-order chi connectivity index (χ1) is 12.9. The SMILES string of the molecule is Cc1ccc(S(=O)(=O)NN=Cc2cc3cc4c(cc3nc2Cl)OCO4)cc1. The zero-order valence-corrected chi connectivity index (χ0v) is 15.7. The molecule has 0 saturated carbocycles. The molecule has 0 saturated heterocycles. The van der Waals surface area contributed by atoms with Crippen LogP contribution in [0.3, 0.4) is 0 Å². The maximum atomic E-state index is 12.3. The monoisotopic (exact) mass is 403 g/mol. The van der Waals surface area contributed by atoms with Crippen molar-refractivity contribution in [3.63, 3.8) is 0 Å². The molecule has 1 N–H and O–H groups in total. The summed E-state index contributed by atoms with van der Waals surface area (Å²) < 4.78 is 35.2. The Hall–Kier alpha value is -2.84. The fourth-order valence-electron chi connectivity index (χ4n) is 2.58. The lowest BCUT2D eigenvalue weighted by Crippen LogP contribution is -2.18. The Kier molecular flexibility index (Phi) is 4.37. The minimum atomic E-state index is -3.76. The first-order valence-electron chi connectivity index (χ1n) is 7.94. The Bertz CT molecular complexity index is 1160. The summed E-state index contributed by atoms with van der Waals surface area (Å²) in [6.07, 6.45) is 1.31. The summed E-state index contributed by atoms with van der Waals surface area (Å²) >= 11 is 6.19. The second-order valence-electron chi connectivity index (χ2n) is 5.93. The summed E-state index contributed by atoms with van der Waals surface area (Å²) in [6, 6.07) is 11.7. The van der Waals surface area contributed by atoms with Crippen molar-refractivity contribution < 1.29 is 17.9 Å². The van der Waals surface area contributed by atoms with Crippen molar-refractivity contribution in [2.24, 2.45) is 5.10 Å². The largest absolute Gasteiger partial charge is 0.454 e. The first kappa shape index (κ1) is 17.6. The van der Waals surface area contributed by atoms with Crippen LogP contribution in [0.2, 0.25) is 5.15 Å². The number of nitrogens with one attached hydrogen (secondary N) is 1. The van der Waals surface area contributed by atoms with Gasteiger partial charge < -0.3 is 9.47 Å². The van der Waals surface area contributed by atoms with Gasteiger partial charge in [0.1, 0.15) is 5.15 Å². The molecule has 0 aliphatic carbocycles. The van der Waals surface area contributed by atoms with Crippen molar-refractivity contribution in [2.45, 2.75) is 11.8 Å². The molecule has 4 rings (SSSR count).